The topological polar surface area (TPSA) is 93.5 Å². The molecule has 1 aromatic carbocycles. The summed E-state index contributed by atoms with van der Waals surface area (Å²) in [6.07, 6.45) is -3.95. The lowest BCUT2D eigenvalue weighted by atomic mass is 10.1. The molecule has 2 N–H and O–H groups in total. The molecule has 0 radical (unpaired) electrons. The van der Waals surface area contributed by atoms with Gasteiger partial charge in [0.05, 0.1) is 4.92 Å². The Bertz CT molecular complexity index is 570. The Morgan fingerprint density at radius 2 is 2.00 bits per heavy atom. The van der Waals surface area contributed by atoms with Crippen molar-refractivity contribution in [3.63, 3.8) is 0 Å². The maximum atomic E-state index is 12.1. The molecule has 1 aromatic rings. The number of carbonyl (C=O) groups excluding carboxylic acids is 1. The van der Waals surface area contributed by atoms with Crippen molar-refractivity contribution >= 4 is 24.0 Å². The number of hydrogen-bond acceptors (Lipinski definition) is 5. The normalized spacial score (nSPS) is 10.7. The number of benzene rings is 1. The van der Waals surface area contributed by atoms with E-state index in [1.165, 1.54) is 0 Å². The number of amides is 1. The first-order valence-corrected chi connectivity index (χ1v) is 6.65. The third-order valence-corrected chi connectivity index (χ3v) is 2.70. The van der Waals surface area contributed by atoms with Crippen LogP contribution in [-0.2, 0) is 0 Å². The molecule has 0 aliphatic rings. The highest BCUT2D eigenvalue weighted by Gasteiger charge is 2.29. The summed E-state index contributed by atoms with van der Waals surface area (Å²) < 4.78 is 40.9. The molecule has 136 valence electrons. The summed E-state index contributed by atoms with van der Waals surface area (Å²) in [6.45, 7) is -0.643. The average molecular weight is 372 g/mol. The molecule has 0 saturated heterocycles. The van der Waals surface area contributed by atoms with Crippen molar-refractivity contribution in [1.82, 2.24) is 10.6 Å². The molecule has 0 spiro atoms. The number of carbonyl (C=O) groups is 1. The number of nitro groups is 1. The summed E-state index contributed by atoms with van der Waals surface area (Å²) in [7, 11) is 1.73. The summed E-state index contributed by atoms with van der Waals surface area (Å²) in [4.78, 5) is 22.1. The van der Waals surface area contributed by atoms with E-state index < -0.39 is 29.3 Å². The molecule has 0 aromatic heterocycles. The SMILES string of the molecule is CNCCCNC(=O)c1cc(OCC(F)(F)F)ccc1[N+](=O)[O-].Cl. The van der Waals surface area contributed by atoms with E-state index in [2.05, 4.69) is 15.4 Å². The van der Waals surface area contributed by atoms with E-state index in [0.717, 1.165) is 18.2 Å². The molecule has 0 saturated carbocycles. The fourth-order valence-electron chi connectivity index (χ4n) is 1.67. The first-order chi connectivity index (χ1) is 10.7. The monoisotopic (exact) mass is 371 g/mol. The van der Waals surface area contributed by atoms with Crippen LogP contribution in [0.15, 0.2) is 18.2 Å². The molecule has 0 atom stereocenters. The van der Waals surface area contributed by atoms with Crippen molar-refractivity contribution in [2.24, 2.45) is 0 Å². The minimum absolute atomic E-state index is 0. The van der Waals surface area contributed by atoms with Crippen LogP contribution in [0.25, 0.3) is 0 Å². The van der Waals surface area contributed by atoms with Gasteiger partial charge in [-0.1, -0.05) is 0 Å². The van der Waals surface area contributed by atoms with Crippen molar-refractivity contribution in [2.45, 2.75) is 12.6 Å². The van der Waals surface area contributed by atoms with Gasteiger partial charge in [0.25, 0.3) is 11.6 Å². The van der Waals surface area contributed by atoms with Crippen LogP contribution in [0, 0.1) is 10.1 Å². The van der Waals surface area contributed by atoms with Crippen LogP contribution in [0.5, 0.6) is 5.75 Å². The van der Waals surface area contributed by atoms with E-state index in [9.17, 15) is 28.1 Å². The van der Waals surface area contributed by atoms with Crippen LogP contribution in [-0.4, -0.2) is 43.8 Å². The number of halogens is 4. The summed E-state index contributed by atoms with van der Waals surface area (Å²) >= 11 is 0. The first-order valence-electron chi connectivity index (χ1n) is 6.65. The molecular weight excluding hydrogens is 355 g/mol. The lowest BCUT2D eigenvalue weighted by molar-refractivity contribution is -0.385. The van der Waals surface area contributed by atoms with Gasteiger partial charge in [-0.05, 0) is 32.1 Å². The van der Waals surface area contributed by atoms with E-state index in [1.807, 2.05) is 0 Å². The molecule has 0 fully saturated rings. The fourth-order valence-corrected chi connectivity index (χ4v) is 1.67. The Morgan fingerprint density at radius 1 is 1.33 bits per heavy atom. The van der Waals surface area contributed by atoms with Crippen molar-refractivity contribution in [1.29, 1.82) is 0 Å². The number of rotatable bonds is 8. The highest BCUT2D eigenvalue weighted by Crippen LogP contribution is 2.25. The van der Waals surface area contributed by atoms with Crippen molar-refractivity contribution in [3.05, 3.63) is 33.9 Å². The standard InChI is InChI=1S/C13H16F3N3O4.ClH/c1-17-5-2-6-18-12(20)10-7-9(23-8-13(14,15)16)3-4-11(10)19(21)22;/h3-4,7,17H,2,5-6,8H2,1H3,(H,18,20);1H. The van der Waals surface area contributed by atoms with E-state index in [-0.39, 0.29) is 30.3 Å². The molecule has 1 amide bonds. The molecule has 0 unspecified atom stereocenters. The van der Waals surface area contributed by atoms with Gasteiger partial charge >= 0.3 is 6.18 Å². The Kier molecular flexibility index (Phi) is 9.08. The Labute approximate surface area is 142 Å². The Balaban J connectivity index is 0.00000529. The maximum absolute atomic E-state index is 12.1. The third-order valence-electron chi connectivity index (χ3n) is 2.70. The summed E-state index contributed by atoms with van der Waals surface area (Å²) in [5, 5.41) is 16.3. The predicted molar refractivity (Wildman–Crippen MR) is 82.8 cm³/mol. The second-order valence-corrected chi connectivity index (χ2v) is 4.55. The Morgan fingerprint density at radius 3 is 2.54 bits per heavy atom. The summed E-state index contributed by atoms with van der Waals surface area (Å²) in [6, 6.07) is 2.88. The van der Waals surface area contributed by atoms with Gasteiger partial charge in [0, 0.05) is 12.6 Å². The number of ether oxygens (including phenoxy) is 1. The zero-order valence-corrected chi connectivity index (χ0v) is 13.5. The molecule has 0 heterocycles. The van der Waals surface area contributed by atoms with Crippen LogP contribution >= 0.6 is 12.4 Å². The van der Waals surface area contributed by atoms with Crippen LogP contribution < -0.4 is 15.4 Å². The van der Waals surface area contributed by atoms with Gasteiger partial charge in [-0.3, -0.25) is 14.9 Å². The van der Waals surface area contributed by atoms with Gasteiger partial charge in [0.1, 0.15) is 11.3 Å². The van der Waals surface area contributed by atoms with Gasteiger partial charge in [-0.25, -0.2) is 0 Å². The zero-order valence-electron chi connectivity index (χ0n) is 12.7. The zero-order chi connectivity index (χ0) is 17.5. The number of nitrogens with one attached hydrogen (secondary N) is 2. The predicted octanol–water partition coefficient (Wildman–Crippen LogP) is 2.30. The maximum Gasteiger partial charge on any atom is 0.422 e. The quantitative estimate of drug-likeness (QED) is 0.415. The summed E-state index contributed by atoms with van der Waals surface area (Å²) in [5.41, 5.74) is -0.852. The molecule has 7 nitrogen and oxygen atoms in total. The van der Waals surface area contributed by atoms with Crippen LogP contribution in [0.3, 0.4) is 0 Å². The van der Waals surface area contributed by atoms with Crippen LogP contribution in [0.2, 0.25) is 0 Å². The molecule has 11 heteroatoms. The van der Waals surface area contributed by atoms with Gasteiger partial charge in [0.15, 0.2) is 6.61 Å². The molecule has 1 rings (SSSR count). The van der Waals surface area contributed by atoms with E-state index in [0.29, 0.717) is 13.0 Å². The van der Waals surface area contributed by atoms with Gasteiger partial charge < -0.3 is 15.4 Å². The summed E-state index contributed by atoms with van der Waals surface area (Å²) in [5.74, 6) is -1.02. The lowest BCUT2D eigenvalue weighted by Crippen LogP contribution is -2.27. The van der Waals surface area contributed by atoms with Crippen LogP contribution in [0.1, 0.15) is 16.8 Å². The van der Waals surface area contributed by atoms with Crippen molar-refractivity contribution < 1.29 is 27.6 Å². The van der Waals surface area contributed by atoms with Crippen molar-refractivity contribution in [2.75, 3.05) is 26.7 Å². The fraction of sp³-hybridized carbons (Fsp3) is 0.462. The Hall–Kier alpha value is -2.07. The highest BCUT2D eigenvalue weighted by atomic mass is 35.5. The van der Waals surface area contributed by atoms with Gasteiger partial charge in [-0.15, -0.1) is 12.4 Å². The number of nitrogens with zero attached hydrogens (tertiary/aromatic N) is 1. The lowest BCUT2D eigenvalue weighted by Gasteiger charge is -2.11. The molecular formula is C13H17ClF3N3O4. The second-order valence-electron chi connectivity index (χ2n) is 4.55. The molecule has 24 heavy (non-hydrogen) atoms. The number of nitro benzene ring substituents is 1. The minimum atomic E-state index is -4.54. The van der Waals surface area contributed by atoms with E-state index >= 15 is 0 Å². The van der Waals surface area contributed by atoms with Crippen molar-refractivity contribution in [3.8, 4) is 5.75 Å². The van der Waals surface area contributed by atoms with E-state index in [4.69, 9.17) is 0 Å². The van der Waals surface area contributed by atoms with Gasteiger partial charge in [0.2, 0.25) is 0 Å². The molecule has 0 bridgehead atoms. The molecule has 0 aliphatic carbocycles. The number of hydrogen-bond donors (Lipinski definition) is 2. The van der Waals surface area contributed by atoms with Gasteiger partial charge in [-0.2, -0.15) is 13.2 Å². The highest BCUT2D eigenvalue weighted by molar-refractivity contribution is 5.98. The first kappa shape index (κ1) is 21.9. The number of alkyl halides is 3. The third kappa shape index (κ3) is 7.47. The largest absolute Gasteiger partial charge is 0.484 e. The molecule has 0 aliphatic heterocycles. The second kappa shape index (κ2) is 9.93. The van der Waals surface area contributed by atoms with E-state index in [1.54, 1.807) is 7.05 Å². The van der Waals surface area contributed by atoms with Crippen LogP contribution in [0.4, 0.5) is 18.9 Å². The minimum Gasteiger partial charge on any atom is -0.484 e. The smallest absolute Gasteiger partial charge is 0.422 e. The average Bonchev–Trinajstić information content (AvgIpc) is 2.48.